The van der Waals surface area contributed by atoms with Crippen molar-refractivity contribution in [1.29, 1.82) is 5.26 Å². The Labute approximate surface area is 166 Å². The highest BCUT2D eigenvalue weighted by molar-refractivity contribution is 7.08. The lowest BCUT2D eigenvalue weighted by molar-refractivity contribution is -0.136. The molecule has 1 aromatic heterocycles. The molecule has 1 aromatic carbocycles. The number of carbonyl (C=O) groups excluding carboxylic acids is 2. The van der Waals surface area contributed by atoms with Crippen LogP contribution in [-0.2, 0) is 9.59 Å². The molecule has 27 heavy (non-hydrogen) atoms. The third-order valence-electron chi connectivity index (χ3n) is 4.52. The Morgan fingerprint density at radius 3 is 2.70 bits per heavy atom. The van der Waals surface area contributed by atoms with Crippen LogP contribution in [0.3, 0.4) is 0 Å². The number of carbonyl (C=O) groups is 2. The Hall–Kier alpha value is -2.40. The lowest BCUT2D eigenvalue weighted by Gasteiger charge is -2.27. The number of nitriles is 1. The highest BCUT2D eigenvalue weighted by Crippen LogP contribution is 2.26. The van der Waals surface area contributed by atoms with Crippen LogP contribution < -0.4 is 10.6 Å². The van der Waals surface area contributed by atoms with Crippen molar-refractivity contribution in [2.75, 3.05) is 25.0 Å². The number of nitrogens with zero attached hydrogens (tertiary/aromatic N) is 2. The first-order chi connectivity index (χ1) is 13.1. The van der Waals surface area contributed by atoms with E-state index in [4.69, 9.17) is 16.9 Å². The Bertz CT molecular complexity index is 857. The van der Waals surface area contributed by atoms with Crippen LogP contribution in [0.4, 0.5) is 5.69 Å². The van der Waals surface area contributed by atoms with Crippen LogP contribution in [0.2, 0.25) is 5.02 Å². The summed E-state index contributed by atoms with van der Waals surface area (Å²) in [5, 5.41) is 18.7. The molecule has 2 amide bonds. The zero-order valence-electron chi connectivity index (χ0n) is 14.6. The number of likely N-dealkylation sites (tertiary alicyclic amines) is 1. The van der Waals surface area contributed by atoms with Crippen molar-refractivity contribution in [3.05, 3.63) is 51.2 Å². The fourth-order valence-electron chi connectivity index (χ4n) is 3.14. The van der Waals surface area contributed by atoms with E-state index >= 15 is 0 Å². The van der Waals surface area contributed by atoms with E-state index in [1.165, 1.54) is 12.1 Å². The van der Waals surface area contributed by atoms with Crippen molar-refractivity contribution in [2.45, 2.75) is 18.9 Å². The molecule has 0 aliphatic carbocycles. The third-order valence-corrected chi connectivity index (χ3v) is 5.46. The van der Waals surface area contributed by atoms with Crippen molar-refractivity contribution >= 4 is 40.4 Å². The zero-order chi connectivity index (χ0) is 19.2. The van der Waals surface area contributed by atoms with Gasteiger partial charge in [0.15, 0.2) is 0 Å². The summed E-state index contributed by atoms with van der Waals surface area (Å²) >= 11 is 7.52. The number of hydrogen-bond donors (Lipinski definition) is 2. The van der Waals surface area contributed by atoms with E-state index in [-0.39, 0.29) is 17.3 Å². The third kappa shape index (κ3) is 4.86. The fraction of sp³-hybridized carbons (Fsp3) is 0.316. The van der Waals surface area contributed by atoms with E-state index in [1.807, 2.05) is 17.5 Å². The maximum Gasteiger partial charge on any atom is 0.313 e. The number of amides is 2. The number of thiophene rings is 1. The standard InChI is InChI=1S/C19H19ClN4O2S/c20-15-4-3-13(10-21)16(9-15)23-19(26)18(25)22-11-17(14-5-8-27-12-14)24-6-1-2-7-24/h3-5,8-9,12,17H,1-2,6-7,11H2,(H,22,25)(H,23,26). The summed E-state index contributed by atoms with van der Waals surface area (Å²) in [6.45, 7) is 2.32. The second-order valence-corrected chi connectivity index (χ2v) is 7.50. The zero-order valence-corrected chi connectivity index (χ0v) is 16.1. The Balaban J connectivity index is 1.63. The molecule has 0 radical (unpaired) electrons. The van der Waals surface area contributed by atoms with Crippen LogP contribution >= 0.6 is 22.9 Å². The molecule has 0 bridgehead atoms. The molecule has 1 fully saturated rings. The van der Waals surface area contributed by atoms with Crippen molar-refractivity contribution in [3.63, 3.8) is 0 Å². The van der Waals surface area contributed by atoms with E-state index in [0.29, 0.717) is 11.6 Å². The van der Waals surface area contributed by atoms with Crippen molar-refractivity contribution in [2.24, 2.45) is 0 Å². The maximum atomic E-state index is 12.3. The van der Waals surface area contributed by atoms with Gasteiger partial charge in [0.25, 0.3) is 0 Å². The summed E-state index contributed by atoms with van der Waals surface area (Å²) in [4.78, 5) is 26.8. The van der Waals surface area contributed by atoms with Gasteiger partial charge in [0, 0.05) is 11.6 Å². The van der Waals surface area contributed by atoms with E-state index in [9.17, 15) is 9.59 Å². The maximum absolute atomic E-state index is 12.3. The predicted octanol–water partition coefficient (Wildman–Crippen LogP) is 3.16. The van der Waals surface area contributed by atoms with Gasteiger partial charge >= 0.3 is 11.8 Å². The van der Waals surface area contributed by atoms with E-state index in [1.54, 1.807) is 17.4 Å². The van der Waals surface area contributed by atoms with Gasteiger partial charge in [0.1, 0.15) is 6.07 Å². The summed E-state index contributed by atoms with van der Waals surface area (Å²) in [5.74, 6) is -1.56. The first-order valence-electron chi connectivity index (χ1n) is 8.63. The van der Waals surface area contributed by atoms with E-state index < -0.39 is 11.8 Å². The lowest BCUT2D eigenvalue weighted by atomic mass is 10.1. The Morgan fingerprint density at radius 2 is 2.04 bits per heavy atom. The molecule has 1 atom stereocenters. The van der Waals surface area contributed by atoms with Crippen molar-refractivity contribution in [1.82, 2.24) is 10.2 Å². The predicted molar refractivity (Wildman–Crippen MR) is 106 cm³/mol. The molecule has 2 N–H and O–H groups in total. The fourth-order valence-corrected chi connectivity index (χ4v) is 4.02. The van der Waals surface area contributed by atoms with Gasteiger partial charge in [-0.05, 0) is 66.5 Å². The Morgan fingerprint density at radius 1 is 1.26 bits per heavy atom. The summed E-state index contributed by atoms with van der Waals surface area (Å²) in [5.41, 5.74) is 1.61. The summed E-state index contributed by atoms with van der Waals surface area (Å²) in [7, 11) is 0. The molecule has 3 rings (SSSR count). The quantitative estimate of drug-likeness (QED) is 0.752. The highest BCUT2D eigenvalue weighted by Gasteiger charge is 2.25. The molecule has 0 saturated carbocycles. The van der Waals surface area contributed by atoms with Gasteiger partial charge in [-0.3, -0.25) is 14.5 Å². The molecular formula is C19H19ClN4O2S. The molecule has 0 spiro atoms. The first-order valence-corrected chi connectivity index (χ1v) is 9.95. The van der Waals surface area contributed by atoms with Crippen molar-refractivity contribution < 1.29 is 9.59 Å². The van der Waals surface area contributed by atoms with E-state index in [0.717, 1.165) is 31.5 Å². The molecule has 6 nitrogen and oxygen atoms in total. The average molecular weight is 403 g/mol. The number of anilines is 1. The van der Waals surface area contributed by atoms with Crippen LogP contribution in [0.5, 0.6) is 0 Å². The molecule has 8 heteroatoms. The van der Waals surface area contributed by atoms with Crippen LogP contribution in [0.1, 0.15) is 30.0 Å². The van der Waals surface area contributed by atoms with Crippen LogP contribution in [-0.4, -0.2) is 36.3 Å². The summed E-state index contributed by atoms with van der Waals surface area (Å²) < 4.78 is 0. The molecule has 1 aliphatic rings. The average Bonchev–Trinajstić information content (AvgIpc) is 3.36. The largest absolute Gasteiger partial charge is 0.346 e. The molecule has 2 aromatic rings. The number of rotatable bonds is 5. The van der Waals surface area contributed by atoms with Gasteiger partial charge in [-0.2, -0.15) is 16.6 Å². The second-order valence-electron chi connectivity index (χ2n) is 6.28. The molecule has 1 saturated heterocycles. The summed E-state index contributed by atoms with van der Waals surface area (Å²) in [6.07, 6.45) is 2.28. The minimum Gasteiger partial charge on any atom is -0.346 e. The monoisotopic (exact) mass is 402 g/mol. The van der Waals surface area contributed by atoms with Gasteiger partial charge in [0.2, 0.25) is 0 Å². The molecule has 140 valence electrons. The number of benzene rings is 1. The van der Waals surface area contributed by atoms with Crippen LogP contribution in [0.25, 0.3) is 0 Å². The molecule has 2 heterocycles. The second kappa shape index (κ2) is 9.00. The smallest absolute Gasteiger partial charge is 0.313 e. The van der Waals surface area contributed by atoms with Crippen LogP contribution in [0, 0.1) is 11.3 Å². The van der Waals surface area contributed by atoms with E-state index in [2.05, 4.69) is 20.9 Å². The Kier molecular flexibility index (Phi) is 6.45. The van der Waals surface area contributed by atoms with Crippen molar-refractivity contribution in [3.8, 4) is 6.07 Å². The van der Waals surface area contributed by atoms with Crippen LogP contribution in [0.15, 0.2) is 35.0 Å². The minimum atomic E-state index is -0.820. The summed E-state index contributed by atoms with van der Waals surface area (Å²) in [6, 6.07) is 8.56. The number of halogens is 1. The number of nitrogens with one attached hydrogen (secondary N) is 2. The molecular weight excluding hydrogens is 384 g/mol. The molecule has 1 unspecified atom stereocenters. The first kappa shape index (κ1) is 19.4. The van der Waals surface area contributed by atoms with Gasteiger partial charge < -0.3 is 10.6 Å². The number of hydrogen-bond acceptors (Lipinski definition) is 5. The minimum absolute atomic E-state index is 0.0522. The van der Waals surface area contributed by atoms with Gasteiger partial charge in [-0.15, -0.1) is 0 Å². The normalized spacial score (nSPS) is 15.1. The van der Waals surface area contributed by atoms with Gasteiger partial charge in [0.05, 0.1) is 17.3 Å². The topological polar surface area (TPSA) is 85.2 Å². The molecule has 1 aliphatic heterocycles. The SMILES string of the molecule is N#Cc1ccc(Cl)cc1NC(=O)C(=O)NCC(c1ccsc1)N1CCCC1. The highest BCUT2D eigenvalue weighted by atomic mass is 35.5. The van der Waals surface area contributed by atoms with Gasteiger partial charge in [-0.1, -0.05) is 11.6 Å². The lowest BCUT2D eigenvalue weighted by Crippen LogP contribution is -2.41. The van der Waals surface area contributed by atoms with Gasteiger partial charge in [-0.25, -0.2) is 0 Å².